The molecule has 1 saturated carbocycles. The van der Waals surface area contributed by atoms with Crippen molar-refractivity contribution in [2.45, 2.75) is 44.3 Å². The molecule has 0 saturated heterocycles. The lowest BCUT2D eigenvalue weighted by Gasteiger charge is -2.41. The molecular formula is C12H19ClN2S. The highest BCUT2D eigenvalue weighted by atomic mass is 35.5. The lowest BCUT2D eigenvalue weighted by molar-refractivity contribution is 0.0997. The number of likely N-dealkylation sites (N-methyl/N-ethyl adjacent to an activating group) is 1. The van der Waals surface area contributed by atoms with E-state index in [0.717, 1.165) is 4.34 Å². The van der Waals surface area contributed by atoms with Crippen LogP contribution in [0.1, 0.15) is 37.1 Å². The first-order valence-corrected chi connectivity index (χ1v) is 7.02. The Bertz CT molecular complexity index is 347. The minimum Gasteiger partial charge on any atom is -0.326 e. The van der Waals surface area contributed by atoms with Gasteiger partial charge in [-0.1, -0.05) is 18.0 Å². The molecule has 2 N–H and O–H groups in total. The van der Waals surface area contributed by atoms with Crippen LogP contribution in [0.3, 0.4) is 0 Å². The van der Waals surface area contributed by atoms with E-state index in [1.165, 1.54) is 24.1 Å². The molecule has 1 heterocycles. The quantitative estimate of drug-likeness (QED) is 0.898. The maximum absolute atomic E-state index is 6.12. The van der Waals surface area contributed by atoms with Gasteiger partial charge in [0.1, 0.15) is 0 Å². The molecule has 1 aliphatic carbocycles. The summed E-state index contributed by atoms with van der Waals surface area (Å²) in [7, 11) is 2.19. The Morgan fingerprint density at radius 2 is 2.19 bits per heavy atom. The summed E-state index contributed by atoms with van der Waals surface area (Å²) in [6.07, 6.45) is 3.96. The number of nitrogens with zero attached hydrogens (tertiary/aromatic N) is 1. The second-order valence-electron chi connectivity index (χ2n) is 4.70. The lowest BCUT2D eigenvalue weighted by Crippen LogP contribution is -2.45. The van der Waals surface area contributed by atoms with Crippen molar-refractivity contribution >= 4 is 22.9 Å². The van der Waals surface area contributed by atoms with Gasteiger partial charge in [0, 0.05) is 17.0 Å². The van der Waals surface area contributed by atoms with Gasteiger partial charge in [0.15, 0.2) is 0 Å². The van der Waals surface area contributed by atoms with E-state index in [-0.39, 0.29) is 6.04 Å². The van der Waals surface area contributed by atoms with Crippen LogP contribution in [0.5, 0.6) is 0 Å². The van der Waals surface area contributed by atoms with Gasteiger partial charge in [0.05, 0.1) is 10.4 Å². The Labute approximate surface area is 106 Å². The topological polar surface area (TPSA) is 29.3 Å². The summed E-state index contributed by atoms with van der Waals surface area (Å²) >= 11 is 7.65. The Morgan fingerprint density at radius 3 is 2.56 bits per heavy atom. The Hall–Kier alpha value is -0.0900. The fraction of sp³-hybridized carbons (Fsp3) is 0.667. The first kappa shape index (κ1) is 12.4. The SMILES string of the molecule is CC(N)C(c1ccc(Cl)s1)N(C)C1CCC1. The van der Waals surface area contributed by atoms with Gasteiger partial charge in [-0.15, -0.1) is 11.3 Å². The van der Waals surface area contributed by atoms with E-state index < -0.39 is 0 Å². The summed E-state index contributed by atoms with van der Waals surface area (Å²) in [6.45, 7) is 2.08. The molecule has 0 aromatic carbocycles. The van der Waals surface area contributed by atoms with Crippen LogP contribution in [0.15, 0.2) is 12.1 Å². The lowest BCUT2D eigenvalue weighted by atomic mass is 9.89. The number of thiophene rings is 1. The second kappa shape index (κ2) is 5.05. The molecular weight excluding hydrogens is 240 g/mol. The van der Waals surface area contributed by atoms with Crippen molar-refractivity contribution in [2.75, 3.05) is 7.05 Å². The van der Waals surface area contributed by atoms with Crippen LogP contribution in [-0.4, -0.2) is 24.0 Å². The van der Waals surface area contributed by atoms with Crippen molar-refractivity contribution < 1.29 is 0 Å². The van der Waals surface area contributed by atoms with Crippen LogP contribution in [0.4, 0.5) is 0 Å². The highest BCUT2D eigenvalue weighted by Crippen LogP contribution is 2.36. The van der Waals surface area contributed by atoms with E-state index in [1.807, 2.05) is 6.07 Å². The van der Waals surface area contributed by atoms with Crippen molar-refractivity contribution in [3.05, 3.63) is 21.3 Å². The van der Waals surface area contributed by atoms with E-state index in [2.05, 4.69) is 24.9 Å². The predicted molar refractivity (Wildman–Crippen MR) is 71.1 cm³/mol. The monoisotopic (exact) mass is 258 g/mol. The molecule has 0 radical (unpaired) electrons. The number of hydrogen-bond donors (Lipinski definition) is 1. The molecule has 4 heteroatoms. The predicted octanol–water partition coefficient (Wildman–Crippen LogP) is 3.27. The average Bonchev–Trinajstić information content (AvgIpc) is 2.47. The summed E-state index contributed by atoms with van der Waals surface area (Å²) in [4.78, 5) is 3.71. The normalized spacial score (nSPS) is 20.8. The van der Waals surface area contributed by atoms with Gasteiger partial charge in [-0.05, 0) is 38.9 Å². The molecule has 1 aromatic heterocycles. The van der Waals surface area contributed by atoms with Crippen LogP contribution in [0, 0.1) is 0 Å². The van der Waals surface area contributed by atoms with Crippen LogP contribution >= 0.6 is 22.9 Å². The summed E-state index contributed by atoms with van der Waals surface area (Å²) in [6, 6.07) is 5.22. The summed E-state index contributed by atoms with van der Waals surface area (Å²) in [5, 5.41) is 0. The molecule has 0 bridgehead atoms. The highest BCUT2D eigenvalue weighted by molar-refractivity contribution is 7.16. The first-order chi connectivity index (χ1) is 7.59. The molecule has 90 valence electrons. The van der Waals surface area contributed by atoms with Crippen molar-refractivity contribution in [1.29, 1.82) is 0 Å². The van der Waals surface area contributed by atoms with E-state index >= 15 is 0 Å². The van der Waals surface area contributed by atoms with Crippen LogP contribution in [0.25, 0.3) is 0 Å². The molecule has 0 aliphatic heterocycles. The molecule has 2 nitrogen and oxygen atoms in total. The van der Waals surface area contributed by atoms with Crippen LogP contribution < -0.4 is 5.73 Å². The standard InChI is InChI=1S/C12H19ClN2S/c1-8(14)12(10-6-7-11(13)16-10)15(2)9-4-3-5-9/h6-9,12H,3-5,14H2,1-2H3. The maximum Gasteiger partial charge on any atom is 0.0931 e. The van der Waals surface area contributed by atoms with Gasteiger partial charge in [-0.2, -0.15) is 0 Å². The number of hydrogen-bond acceptors (Lipinski definition) is 3. The van der Waals surface area contributed by atoms with Gasteiger partial charge in [0.25, 0.3) is 0 Å². The molecule has 0 spiro atoms. The average molecular weight is 259 g/mol. The van der Waals surface area contributed by atoms with E-state index in [0.29, 0.717) is 12.1 Å². The minimum absolute atomic E-state index is 0.139. The molecule has 2 atom stereocenters. The van der Waals surface area contributed by atoms with Crippen molar-refractivity contribution in [2.24, 2.45) is 5.73 Å². The third kappa shape index (κ3) is 2.43. The highest BCUT2D eigenvalue weighted by Gasteiger charge is 2.31. The largest absolute Gasteiger partial charge is 0.326 e. The second-order valence-corrected chi connectivity index (χ2v) is 6.44. The fourth-order valence-electron chi connectivity index (χ4n) is 2.34. The van der Waals surface area contributed by atoms with Gasteiger partial charge in [-0.3, -0.25) is 4.90 Å². The third-order valence-corrected chi connectivity index (χ3v) is 4.77. The summed E-state index contributed by atoms with van der Waals surface area (Å²) in [5.74, 6) is 0. The summed E-state index contributed by atoms with van der Waals surface area (Å²) in [5.41, 5.74) is 6.12. The zero-order valence-corrected chi connectivity index (χ0v) is 11.4. The van der Waals surface area contributed by atoms with E-state index in [9.17, 15) is 0 Å². The molecule has 0 amide bonds. The minimum atomic E-state index is 0.139. The number of halogens is 1. The van der Waals surface area contributed by atoms with Crippen LogP contribution in [0.2, 0.25) is 4.34 Å². The van der Waals surface area contributed by atoms with Gasteiger partial charge in [0.2, 0.25) is 0 Å². The molecule has 1 aliphatic rings. The first-order valence-electron chi connectivity index (χ1n) is 5.82. The van der Waals surface area contributed by atoms with Gasteiger partial charge in [-0.25, -0.2) is 0 Å². The molecule has 1 fully saturated rings. The Morgan fingerprint density at radius 1 is 1.50 bits per heavy atom. The zero-order chi connectivity index (χ0) is 11.7. The number of nitrogens with two attached hydrogens (primary N) is 1. The van der Waals surface area contributed by atoms with Crippen molar-refractivity contribution in [3.63, 3.8) is 0 Å². The Kier molecular flexibility index (Phi) is 3.90. The number of rotatable bonds is 4. The molecule has 16 heavy (non-hydrogen) atoms. The van der Waals surface area contributed by atoms with Crippen LogP contribution in [-0.2, 0) is 0 Å². The Balaban J connectivity index is 2.16. The molecule has 1 aromatic rings. The summed E-state index contributed by atoms with van der Waals surface area (Å²) < 4.78 is 0.850. The van der Waals surface area contributed by atoms with Gasteiger partial charge >= 0.3 is 0 Å². The molecule has 2 rings (SSSR count). The third-order valence-electron chi connectivity index (χ3n) is 3.47. The van der Waals surface area contributed by atoms with E-state index in [1.54, 1.807) is 11.3 Å². The maximum atomic E-state index is 6.12. The van der Waals surface area contributed by atoms with Crippen molar-refractivity contribution in [3.8, 4) is 0 Å². The zero-order valence-electron chi connectivity index (χ0n) is 9.82. The van der Waals surface area contributed by atoms with Crippen molar-refractivity contribution in [1.82, 2.24) is 4.90 Å². The molecule has 2 unspecified atom stereocenters. The van der Waals surface area contributed by atoms with E-state index in [4.69, 9.17) is 17.3 Å². The van der Waals surface area contributed by atoms with Gasteiger partial charge < -0.3 is 5.73 Å². The smallest absolute Gasteiger partial charge is 0.0931 e. The fourth-order valence-corrected chi connectivity index (χ4v) is 3.67.